The van der Waals surface area contributed by atoms with Gasteiger partial charge in [-0.3, -0.25) is 0 Å². The lowest BCUT2D eigenvalue weighted by Crippen LogP contribution is -2.17. The minimum Gasteiger partial charge on any atom is -0.358 e. The molecule has 0 spiro atoms. The van der Waals surface area contributed by atoms with E-state index in [-0.39, 0.29) is 0 Å². The Labute approximate surface area is 107 Å². The fraction of sp³-hybridized carbons (Fsp3) is 0.167. The van der Waals surface area contributed by atoms with Gasteiger partial charge in [0.25, 0.3) is 6.43 Å². The van der Waals surface area contributed by atoms with Crippen LogP contribution in [0.2, 0.25) is 0 Å². The van der Waals surface area contributed by atoms with Gasteiger partial charge < -0.3 is 10.1 Å². The molecule has 0 amide bonds. The number of nitro groups is 1. The summed E-state index contributed by atoms with van der Waals surface area (Å²) in [5, 5.41) is 15.1. The molecule has 94 valence electrons. The highest BCUT2D eigenvalue weighted by molar-refractivity contribution is 14.1. The van der Waals surface area contributed by atoms with E-state index >= 15 is 0 Å². The first kappa shape index (κ1) is 14.1. The van der Waals surface area contributed by atoms with E-state index in [1.807, 2.05) is 0 Å². The van der Waals surface area contributed by atoms with Crippen molar-refractivity contribution >= 4 is 38.4 Å². The summed E-state index contributed by atoms with van der Waals surface area (Å²) in [5.41, 5.74) is -0.932. The summed E-state index contributed by atoms with van der Waals surface area (Å²) in [5.74, 6) is -0.858. The molecule has 0 atom stereocenters. The highest BCUT2D eigenvalue weighted by atomic mass is 127. The van der Waals surface area contributed by atoms with Crippen molar-refractivity contribution in [1.82, 2.24) is 4.98 Å². The Bertz CT molecular complexity index is 577. The molecule has 1 aromatic heterocycles. The van der Waals surface area contributed by atoms with Gasteiger partial charge >= 0.3 is 5.82 Å². The number of nitrogens with two attached hydrogens (primary N) is 1. The molecule has 0 aromatic carbocycles. The zero-order chi connectivity index (χ0) is 13.4. The molecule has 0 radical (unpaired) electrons. The highest BCUT2D eigenvalue weighted by Gasteiger charge is 2.30. The molecule has 0 saturated heterocycles. The van der Waals surface area contributed by atoms with E-state index in [9.17, 15) is 27.3 Å². The predicted molar refractivity (Wildman–Crippen MR) is 59.9 cm³/mol. The van der Waals surface area contributed by atoms with Gasteiger partial charge in [0.2, 0.25) is 13.7 Å². The van der Waals surface area contributed by atoms with E-state index in [4.69, 9.17) is 5.14 Å². The summed E-state index contributed by atoms with van der Waals surface area (Å²) >= 11 is 1.28. The van der Waals surface area contributed by atoms with Crippen LogP contribution in [-0.2, 0) is 10.0 Å². The van der Waals surface area contributed by atoms with Gasteiger partial charge in [-0.15, -0.1) is 0 Å². The lowest BCUT2D eigenvalue weighted by atomic mass is 10.3. The fourth-order valence-electron chi connectivity index (χ4n) is 1.02. The van der Waals surface area contributed by atoms with E-state index in [1.54, 1.807) is 0 Å². The average molecular weight is 379 g/mol. The number of sulfonamides is 1. The number of primary sulfonamides is 1. The first-order chi connectivity index (χ1) is 7.64. The number of pyridine rings is 1. The minimum absolute atomic E-state index is 0.416. The van der Waals surface area contributed by atoms with Crippen LogP contribution in [0.3, 0.4) is 0 Å². The van der Waals surface area contributed by atoms with Crippen LogP contribution >= 0.6 is 22.6 Å². The number of halogens is 3. The van der Waals surface area contributed by atoms with E-state index in [0.29, 0.717) is 6.07 Å². The SMILES string of the molecule is NS(=O)(=O)c1cc([N+](=O)[O-])nc(I)c1C(F)F. The van der Waals surface area contributed by atoms with Gasteiger partial charge in [0.1, 0.15) is 4.90 Å². The Hall–Kier alpha value is -0.950. The second kappa shape index (κ2) is 4.73. The van der Waals surface area contributed by atoms with Gasteiger partial charge in [-0.1, -0.05) is 0 Å². The maximum Gasteiger partial charge on any atom is 0.365 e. The second-order valence-electron chi connectivity index (χ2n) is 2.79. The van der Waals surface area contributed by atoms with Crippen LogP contribution < -0.4 is 5.14 Å². The average Bonchev–Trinajstić information content (AvgIpc) is 2.14. The zero-order valence-corrected chi connectivity index (χ0v) is 10.8. The van der Waals surface area contributed by atoms with Crippen LogP contribution in [0.15, 0.2) is 11.0 Å². The Morgan fingerprint density at radius 3 is 2.41 bits per heavy atom. The van der Waals surface area contributed by atoms with Crippen LogP contribution in [0, 0.1) is 13.8 Å². The van der Waals surface area contributed by atoms with Crippen molar-refractivity contribution < 1.29 is 22.1 Å². The smallest absolute Gasteiger partial charge is 0.358 e. The molecule has 0 aliphatic rings. The monoisotopic (exact) mass is 379 g/mol. The van der Waals surface area contributed by atoms with Crippen LogP contribution in [0.5, 0.6) is 0 Å². The van der Waals surface area contributed by atoms with Crippen LogP contribution in [0.1, 0.15) is 12.0 Å². The first-order valence-electron chi connectivity index (χ1n) is 3.80. The Morgan fingerprint density at radius 2 is 2.06 bits per heavy atom. The van der Waals surface area contributed by atoms with E-state index < -0.39 is 41.3 Å². The van der Waals surface area contributed by atoms with Crippen molar-refractivity contribution in [2.45, 2.75) is 11.3 Å². The van der Waals surface area contributed by atoms with Crippen molar-refractivity contribution in [3.63, 3.8) is 0 Å². The van der Waals surface area contributed by atoms with Crippen molar-refractivity contribution in [2.75, 3.05) is 0 Å². The van der Waals surface area contributed by atoms with Gasteiger partial charge in [-0.2, -0.15) is 0 Å². The lowest BCUT2D eigenvalue weighted by Gasteiger charge is -2.06. The molecule has 1 heterocycles. The number of alkyl halides is 2. The number of aromatic nitrogens is 1. The summed E-state index contributed by atoms with van der Waals surface area (Å²) < 4.78 is 46.9. The van der Waals surface area contributed by atoms with Crippen molar-refractivity contribution in [2.24, 2.45) is 5.14 Å². The molecule has 0 aliphatic carbocycles. The molecule has 2 N–H and O–H groups in total. The molecule has 1 aromatic rings. The highest BCUT2D eigenvalue weighted by Crippen LogP contribution is 2.31. The van der Waals surface area contributed by atoms with Gasteiger partial charge in [-0.05, 0) is 9.91 Å². The second-order valence-corrected chi connectivity index (χ2v) is 5.34. The van der Waals surface area contributed by atoms with E-state index in [1.165, 1.54) is 22.6 Å². The van der Waals surface area contributed by atoms with Crippen molar-refractivity contribution in [1.29, 1.82) is 0 Å². The summed E-state index contributed by atoms with van der Waals surface area (Å²) in [6.07, 6.45) is -3.15. The summed E-state index contributed by atoms with van der Waals surface area (Å²) in [7, 11) is -4.49. The molecular formula is C6H4F2IN3O4S. The molecule has 0 fully saturated rings. The van der Waals surface area contributed by atoms with Crippen LogP contribution in [-0.4, -0.2) is 18.3 Å². The van der Waals surface area contributed by atoms with Crippen LogP contribution in [0.25, 0.3) is 0 Å². The molecule has 1 rings (SSSR count). The molecule has 11 heteroatoms. The van der Waals surface area contributed by atoms with Crippen molar-refractivity contribution in [3.8, 4) is 0 Å². The molecule has 0 bridgehead atoms. The lowest BCUT2D eigenvalue weighted by molar-refractivity contribution is -0.389. The third-order valence-electron chi connectivity index (χ3n) is 1.67. The fourth-order valence-corrected chi connectivity index (χ4v) is 2.73. The standard InChI is InChI=1S/C6H4F2IN3O4S/c7-5(8)4-2(17(10,15)16)1-3(12(13)14)11-6(4)9/h1,5H,(H2,10,15,16). The van der Waals surface area contributed by atoms with E-state index in [2.05, 4.69) is 4.98 Å². The van der Waals surface area contributed by atoms with Crippen molar-refractivity contribution in [3.05, 3.63) is 25.4 Å². The molecular weight excluding hydrogens is 375 g/mol. The summed E-state index contributed by atoms with van der Waals surface area (Å²) in [6.45, 7) is 0. The Morgan fingerprint density at radius 1 is 1.53 bits per heavy atom. The normalized spacial score (nSPS) is 11.8. The first-order valence-corrected chi connectivity index (χ1v) is 6.43. The molecule has 0 saturated carbocycles. The number of hydrogen-bond donors (Lipinski definition) is 1. The quantitative estimate of drug-likeness (QED) is 0.366. The van der Waals surface area contributed by atoms with Gasteiger partial charge in [0, 0.05) is 22.6 Å². The number of hydrogen-bond acceptors (Lipinski definition) is 5. The molecule has 0 aliphatic heterocycles. The molecule has 17 heavy (non-hydrogen) atoms. The Kier molecular flexibility index (Phi) is 3.93. The van der Waals surface area contributed by atoms with Crippen LogP contribution in [0.4, 0.5) is 14.6 Å². The minimum atomic E-state index is -4.49. The van der Waals surface area contributed by atoms with Gasteiger partial charge in [0.15, 0.2) is 0 Å². The Balaban J connectivity index is 3.69. The summed E-state index contributed by atoms with van der Waals surface area (Å²) in [4.78, 5) is 11.7. The largest absolute Gasteiger partial charge is 0.365 e. The third-order valence-corrected chi connectivity index (χ3v) is 3.45. The van der Waals surface area contributed by atoms with Gasteiger partial charge in [-0.25, -0.2) is 22.3 Å². The zero-order valence-electron chi connectivity index (χ0n) is 7.80. The summed E-state index contributed by atoms with van der Waals surface area (Å²) in [6, 6.07) is 0.416. The maximum absolute atomic E-state index is 12.6. The number of rotatable bonds is 3. The maximum atomic E-state index is 12.6. The molecule has 7 nitrogen and oxygen atoms in total. The third kappa shape index (κ3) is 3.04. The number of nitrogens with zero attached hydrogens (tertiary/aromatic N) is 2. The van der Waals surface area contributed by atoms with E-state index in [0.717, 1.165) is 0 Å². The predicted octanol–water partition coefficient (Wildman–Crippen LogP) is 1.18. The van der Waals surface area contributed by atoms with Gasteiger partial charge in [0.05, 0.1) is 11.6 Å². The molecule has 0 unspecified atom stereocenters. The topological polar surface area (TPSA) is 116 Å².